The minimum atomic E-state index is -1.17. The first-order valence-corrected chi connectivity index (χ1v) is 23.4. The summed E-state index contributed by atoms with van der Waals surface area (Å²) >= 11 is 6.02. The van der Waals surface area contributed by atoms with Gasteiger partial charge in [-0.05, 0) is 135 Å². The first kappa shape index (κ1) is 49.9. The molecule has 70 heavy (non-hydrogen) atoms. The summed E-state index contributed by atoms with van der Waals surface area (Å²) in [5.41, 5.74) is 4.61. The summed E-state index contributed by atoms with van der Waals surface area (Å²) < 4.78 is 18.7. The number of rotatable bonds is 7. The number of hydrogen-bond acceptors (Lipinski definition) is 10. The number of benzene rings is 7. The summed E-state index contributed by atoms with van der Waals surface area (Å²) in [6, 6.07) is 44.7. The first-order chi connectivity index (χ1) is 33.4. The van der Waals surface area contributed by atoms with Gasteiger partial charge in [0.15, 0.2) is 5.60 Å². The van der Waals surface area contributed by atoms with E-state index in [2.05, 4.69) is 30.1 Å². The molecular formula is C57H53ClN3NaO8. The molecule has 1 spiro atoms. The van der Waals surface area contributed by atoms with Gasteiger partial charge in [0.05, 0.1) is 29.8 Å². The zero-order valence-electron chi connectivity index (χ0n) is 38.7. The van der Waals surface area contributed by atoms with Crippen molar-refractivity contribution in [2.24, 2.45) is 0 Å². The number of Topliss-reactive ketones (excluding diaryl/α,β-unsaturated/α-hetero) is 1. The molecule has 11 nitrogen and oxygen atoms in total. The molecule has 1 fully saturated rings. The Hall–Kier alpha value is -6.47. The van der Waals surface area contributed by atoms with Crippen molar-refractivity contribution in [3.05, 3.63) is 200 Å². The molecule has 2 N–H and O–H groups in total. The third-order valence-electron chi connectivity index (χ3n) is 13.0. The maximum atomic E-state index is 13.1. The van der Waals surface area contributed by atoms with Gasteiger partial charge in [-0.25, -0.2) is 9.48 Å². The van der Waals surface area contributed by atoms with Gasteiger partial charge in [-0.15, -0.1) is 0 Å². The van der Waals surface area contributed by atoms with Gasteiger partial charge in [-0.3, -0.25) is 4.79 Å². The quantitative estimate of drug-likeness (QED) is 0.117. The molecule has 11 rings (SSSR count). The van der Waals surface area contributed by atoms with Crippen LogP contribution in [0.5, 0.6) is 28.7 Å². The van der Waals surface area contributed by atoms with Gasteiger partial charge in [0.2, 0.25) is 0 Å². The number of phenols is 2. The third kappa shape index (κ3) is 10.5. The van der Waals surface area contributed by atoms with Crippen LogP contribution in [-0.2, 0) is 28.0 Å². The van der Waals surface area contributed by atoms with Crippen molar-refractivity contribution in [2.75, 3.05) is 27.2 Å². The second kappa shape index (κ2) is 21.7. The molecule has 7 aromatic carbocycles. The van der Waals surface area contributed by atoms with Crippen LogP contribution in [0.3, 0.4) is 0 Å². The van der Waals surface area contributed by atoms with E-state index in [-0.39, 0.29) is 58.4 Å². The zero-order chi connectivity index (χ0) is 48.2. The number of aromatic nitrogens is 2. The van der Waals surface area contributed by atoms with Crippen LogP contribution in [0.4, 0.5) is 0 Å². The van der Waals surface area contributed by atoms with Crippen molar-refractivity contribution in [1.82, 2.24) is 14.7 Å². The molecule has 0 aliphatic carbocycles. The van der Waals surface area contributed by atoms with Crippen LogP contribution in [-0.4, -0.2) is 93.5 Å². The molecular weight excluding hydrogens is 913 g/mol. The molecule has 1 aromatic heterocycles. The van der Waals surface area contributed by atoms with Crippen molar-refractivity contribution in [3.63, 3.8) is 0 Å². The van der Waals surface area contributed by atoms with Crippen LogP contribution >= 0.6 is 11.6 Å². The number of ether oxygens (including phenoxy) is 3. The Kier molecular flexibility index (Phi) is 15.5. The average molecular weight is 967 g/mol. The molecule has 1 unspecified atom stereocenters. The minimum absolute atomic E-state index is 0. The predicted octanol–water partition coefficient (Wildman–Crippen LogP) is 10.7. The second-order valence-electron chi connectivity index (χ2n) is 17.8. The van der Waals surface area contributed by atoms with Crippen LogP contribution in [0.2, 0.25) is 5.02 Å². The number of halogens is 1. The van der Waals surface area contributed by atoms with Crippen LogP contribution in [0, 0.1) is 0 Å². The Bertz CT molecular complexity index is 3230. The van der Waals surface area contributed by atoms with Gasteiger partial charge in [0.25, 0.3) is 5.56 Å². The van der Waals surface area contributed by atoms with Gasteiger partial charge in [0.1, 0.15) is 34.5 Å². The molecule has 4 heterocycles. The monoisotopic (exact) mass is 965 g/mol. The van der Waals surface area contributed by atoms with Crippen molar-refractivity contribution >= 4 is 74.5 Å². The summed E-state index contributed by atoms with van der Waals surface area (Å²) in [7, 11) is 3.81. The molecule has 0 bridgehead atoms. The first-order valence-electron chi connectivity index (χ1n) is 23.1. The molecule has 8 aromatic rings. The molecule has 0 radical (unpaired) electrons. The summed E-state index contributed by atoms with van der Waals surface area (Å²) in [6.45, 7) is 3.71. The number of carbonyl (C=O) groups excluding carboxylic acids is 2. The predicted molar refractivity (Wildman–Crippen MR) is 275 cm³/mol. The fourth-order valence-corrected chi connectivity index (χ4v) is 9.57. The van der Waals surface area contributed by atoms with Gasteiger partial charge < -0.3 is 34.1 Å². The Labute approximate surface area is 433 Å². The van der Waals surface area contributed by atoms with E-state index in [4.69, 9.17) is 30.9 Å². The zero-order valence-corrected chi connectivity index (χ0v) is 39.4. The number of aromatic hydroxyl groups is 2. The van der Waals surface area contributed by atoms with Crippen LogP contribution in [0.1, 0.15) is 82.5 Å². The number of methoxy groups -OCH3 is 1. The van der Waals surface area contributed by atoms with E-state index in [0.717, 1.165) is 77.0 Å². The summed E-state index contributed by atoms with van der Waals surface area (Å²) in [5.74, 6) is 1.51. The molecule has 1 saturated heterocycles. The SMILES string of the molecule is CN1CCCC(n2nc(Cc3ccc(Cl)cc3)c3ccccc3c2=O)CC1.COc1ccc2cc(CCC(C)=O)ccc2c1.O=C1OC2(c3ccc(O)cc3Oc3cc(O)ccc32)c2ccccc21.[NaH]. The van der Waals surface area contributed by atoms with Gasteiger partial charge in [-0.1, -0.05) is 84.4 Å². The fourth-order valence-electron chi connectivity index (χ4n) is 9.44. The van der Waals surface area contributed by atoms with Crippen molar-refractivity contribution in [2.45, 2.75) is 57.1 Å². The standard InChI is InChI=1S/C22H24ClN3O.C20H12O5.C15H16O2.Na.H/c1-25-13-4-5-18(12-14-25)26-22(27)20-7-3-2-6-19(20)21(24-26)15-16-8-10-17(23)11-9-16;21-11-5-7-15-17(9-11)24-18-10-12(22)6-8-16(18)20(15)14-4-2-1-3-13(14)19(23)25-20;1-11(16)3-4-12-5-6-14-10-15(17-2)8-7-13(14)9-12;;/h2-3,6-11,18H,4-5,12-15H2,1H3;1-10,21-22H;5-10H,3-4H2,1-2H3;;. The van der Waals surface area contributed by atoms with Gasteiger partial charge in [-0.2, -0.15) is 5.10 Å². The number of aryl methyl sites for hydroxylation is 1. The van der Waals surface area contributed by atoms with Gasteiger partial charge >= 0.3 is 35.5 Å². The molecule has 3 aliphatic rings. The fraction of sp³-hybridized carbons (Fsp3) is 0.228. The Morgan fingerprint density at radius 1 is 0.757 bits per heavy atom. The molecule has 0 amide bonds. The van der Waals surface area contributed by atoms with Crippen molar-refractivity contribution < 1.29 is 34.0 Å². The molecule has 3 aliphatic heterocycles. The van der Waals surface area contributed by atoms with E-state index >= 15 is 0 Å². The van der Waals surface area contributed by atoms with E-state index in [1.165, 1.54) is 35.2 Å². The molecule has 352 valence electrons. The van der Waals surface area contributed by atoms with Crippen molar-refractivity contribution in [1.29, 1.82) is 0 Å². The number of nitrogens with zero attached hydrogens (tertiary/aromatic N) is 3. The molecule has 13 heteroatoms. The summed E-state index contributed by atoms with van der Waals surface area (Å²) in [4.78, 5) is 39.0. The number of likely N-dealkylation sites (tertiary alicyclic amines) is 1. The number of fused-ring (bicyclic) bond motifs is 8. The number of esters is 1. The van der Waals surface area contributed by atoms with E-state index in [1.54, 1.807) is 43.0 Å². The third-order valence-corrected chi connectivity index (χ3v) is 13.3. The number of hydrogen-bond donors (Lipinski definition) is 2. The van der Waals surface area contributed by atoms with Crippen LogP contribution in [0.15, 0.2) is 150 Å². The van der Waals surface area contributed by atoms with E-state index in [1.807, 2.05) is 78.9 Å². The molecule has 0 saturated carbocycles. The van der Waals surface area contributed by atoms with Gasteiger partial charge in [0, 0.05) is 52.1 Å². The Balaban J connectivity index is 0.000000144. The van der Waals surface area contributed by atoms with Crippen LogP contribution < -0.4 is 15.0 Å². The summed E-state index contributed by atoms with van der Waals surface area (Å²) in [6.07, 6.45) is 5.16. The van der Waals surface area contributed by atoms with E-state index in [0.29, 0.717) is 46.6 Å². The number of ketones is 1. The molecule has 1 atom stereocenters. The number of phenolic OH excluding ortho intramolecular Hbond substituents is 2. The summed E-state index contributed by atoms with van der Waals surface area (Å²) in [5, 5.41) is 29.3. The normalized spacial score (nSPS) is 15.3. The maximum absolute atomic E-state index is 13.1. The second-order valence-corrected chi connectivity index (χ2v) is 18.2. The topological polar surface area (TPSA) is 140 Å². The Morgan fingerprint density at radius 3 is 2.10 bits per heavy atom. The van der Waals surface area contributed by atoms with Crippen molar-refractivity contribution in [3.8, 4) is 28.7 Å². The number of carbonyl (C=O) groups is 2. The average Bonchev–Trinajstić information content (AvgIpc) is 3.47. The van der Waals surface area contributed by atoms with E-state index < -0.39 is 11.6 Å². The van der Waals surface area contributed by atoms with Crippen LogP contribution in [0.25, 0.3) is 21.5 Å². The van der Waals surface area contributed by atoms with E-state index in [9.17, 15) is 24.6 Å². The Morgan fingerprint density at radius 2 is 1.40 bits per heavy atom.